The van der Waals surface area contributed by atoms with Gasteiger partial charge in [0.15, 0.2) is 0 Å². The Labute approximate surface area is 111 Å². The van der Waals surface area contributed by atoms with Gasteiger partial charge in [-0.05, 0) is 18.2 Å². The first-order chi connectivity index (χ1) is 8.78. The summed E-state index contributed by atoms with van der Waals surface area (Å²) in [6.07, 6.45) is -0.115. The van der Waals surface area contributed by atoms with Gasteiger partial charge < -0.3 is 10.5 Å². The van der Waals surface area contributed by atoms with E-state index in [-0.39, 0.29) is 18.7 Å². The maximum Gasteiger partial charge on any atom is 0.306 e. The summed E-state index contributed by atoms with van der Waals surface area (Å²) < 4.78 is 43.0. The van der Waals surface area contributed by atoms with E-state index in [0.29, 0.717) is 0 Å². The molecule has 0 fully saturated rings. The van der Waals surface area contributed by atoms with Crippen molar-refractivity contribution < 1.29 is 22.3 Å². The summed E-state index contributed by atoms with van der Waals surface area (Å²) in [5.74, 6) is -1.44. The molecule has 0 unspecified atom stereocenters. The number of methoxy groups -OCH3 is 1. The van der Waals surface area contributed by atoms with E-state index in [1.165, 1.54) is 20.2 Å². The van der Waals surface area contributed by atoms with Crippen LogP contribution in [0.15, 0.2) is 23.1 Å². The monoisotopic (exact) mass is 290 g/mol. The molecule has 0 atom stereocenters. The van der Waals surface area contributed by atoms with Crippen molar-refractivity contribution in [3.8, 4) is 0 Å². The van der Waals surface area contributed by atoms with Gasteiger partial charge in [-0.2, -0.15) is 0 Å². The lowest BCUT2D eigenvalue weighted by Crippen LogP contribution is -2.30. The van der Waals surface area contributed by atoms with Crippen molar-refractivity contribution in [3.05, 3.63) is 24.0 Å². The highest BCUT2D eigenvalue weighted by atomic mass is 32.2. The molecule has 0 bridgehead atoms. The molecular formula is C11H15FN2O4S. The van der Waals surface area contributed by atoms with Gasteiger partial charge in [-0.1, -0.05) is 0 Å². The third kappa shape index (κ3) is 3.65. The lowest BCUT2D eigenvalue weighted by molar-refractivity contribution is -0.140. The third-order valence-electron chi connectivity index (χ3n) is 2.50. The number of nitrogens with two attached hydrogens (primary N) is 1. The number of ether oxygens (including phenoxy) is 1. The molecule has 8 heteroatoms. The molecule has 1 aromatic carbocycles. The van der Waals surface area contributed by atoms with Crippen LogP contribution in [0.4, 0.5) is 10.1 Å². The number of anilines is 1. The fourth-order valence-electron chi connectivity index (χ4n) is 1.36. The first kappa shape index (κ1) is 15.4. The van der Waals surface area contributed by atoms with Crippen LogP contribution in [0.3, 0.4) is 0 Å². The van der Waals surface area contributed by atoms with Gasteiger partial charge in [-0.15, -0.1) is 0 Å². The van der Waals surface area contributed by atoms with Crippen LogP contribution in [-0.4, -0.2) is 39.4 Å². The number of halogens is 1. The quantitative estimate of drug-likeness (QED) is 0.633. The Hall–Kier alpha value is -1.67. The molecule has 106 valence electrons. The number of sulfonamides is 1. The summed E-state index contributed by atoms with van der Waals surface area (Å²) in [4.78, 5) is 10.4. The molecule has 0 aromatic heterocycles. The Balaban J connectivity index is 2.97. The number of hydrogen-bond donors (Lipinski definition) is 1. The zero-order chi connectivity index (χ0) is 14.6. The van der Waals surface area contributed by atoms with Crippen molar-refractivity contribution in [1.82, 2.24) is 4.31 Å². The second kappa shape index (κ2) is 5.98. The Bertz CT molecular complexity index is 574. The number of carbonyl (C=O) groups is 1. The second-order valence-corrected chi connectivity index (χ2v) is 5.86. The fourth-order valence-corrected chi connectivity index (χ4v) is 2.62. The number of nitrogens with zero attached hydrogens (tertiary/aromatic N) is 1. The van der Waals surface area contributed by atoms with Gasteiger partial charge in [0.05, 0.1) is 13.5 Å². The van der Waals surface area contributed by atoms with Crippen LogP contribution in [0, 0.1) is 5.82 Å². The van der Waals surface area contributed by atoms with Crippen molar-refractivity contribution in [2.24, 2.45) is 0 Å². The van der Waals surface area contributed by atoms with Gasteiger partial charge in [0.25, 0.3) is 0 Å². The van der Waals surface area contributed by atoms with Gasteiger partial charge in [0, 0.05) is 19.3 Å². The van der Waals surface area contributed by atoms with E-state index < -0.39 is 26.7 Å². The Morgan fingerprint density at radius 3 is 2.68 bits per heavy atom. The van der Waals surface area contributed by atoms with Crippen molar-refractivity contribution >= 4 is 21.7 Å². The van der Waals surface area contributed by atoms with E-state index in [9.17, 15) is 17.6 Å². The van der Waals surface area contributed by atoms with Crippen molar-refractivity contribution in [1.29, 1.82) is 0 Å². The van der Waals surface area contributed by atoms with Crippen LogP contribution in [0.2, 0.25) is 0 Å². The van der Waals surface area contributed by atoms with Crippen LogP contribution < -0.4 is 5.73 Å². The molecule has 2 N–H and O–H groups in total. The summed E-state index contributed by atoms with van der Waals surface area (Å²) in [5, 5.41) is 0. The van der Waals surface area contributed by atoms with Crippen molar-refractivity contribution in [2.75, 3.05) is 26.4 Å². The molecule has 0 aliphatic heterocycles. The summed E-state index contributed by atoms with van der Waals surface area (Å²) in [6.45, 7) is -0.108. The predicted molar refractivity (Wildman–Crippen MR) is 67.3 cm³/mol. The lowest BCUT2D eigenvalue weighted by atomic mass is 10.3. The van der Waals surface area contributed by atoms with Crippen LogP contribution in [-0.2, 0) is 19.6 Å². The second-order valence-electron chi connectivity index (χ2n) is 3.84. The third-order valence-corrected chi connectivity index (χ3v) is 4.37. The van der Waals surface area contributed by atoms with Gasteiger partial charge in [0.2, 0.25) is 10.0 Å². The summed E-state index contributed by atoms with van der Waals surface area (Å²) in [6, 6.07) is 3.29. The minimum atomic E-state index is -4.03. The molecule has 6 nitrogen and oxygen atoms in total. The first-order valence-corrected chi connectivity index (χ1v) is 6.81. The number of rotatable bonds is 5. The molecule has 0 spiro atoms. The standard InChI is InChI=1S/C11H15FN2O4S/c1-14(6-5-11(15)18-2)19(16,17)10-7-8(13)3-4-9(10)12/h3-4,7H,5-6,13H2,1-2H3. The van der Waals surface area contributed by atoms with Gasteiger partial charge in [0.1, 0.15) is 10.7 Å². The molecule has 1 rings (SSSR count). The molecule has 1 aromatic rings. The summed E-state index contributed by atoms with van der Waals surface area (Å²) in [5.41, 5.74) is 5.58. The highest BCUT2D eigenvalue weighted by Crippen LogP contribution is 2.21. The Kier molecular flexibility index (Phi) is 4.84. The molecular weight excluding hydrogens is 275 g/mol. The molecule has 0 saturated carbocycles. The van der Waals surface area contributed by atoms with E-state index in [0.717, 1.165) is 16.4 Å². The normalized spacial score (nSPS) is 11.6. The van der Waals surface area contributed by atoms with E-state index in [1.807, 2.05) is 0 Å². The minimum absolute atomic E-state index is 0.108. The zero-order valence-corrected chi connectivity index (χ0v) is 11.4. The number of benzene rings is 1. The number of carbonyl (C=O) groups excluding carboxylic acids is 1. The molecule has 19 heavy (non-hydrogen) atoms. The highest BCUT2D eigenvalue weighted by Gasteiger charge is 2.25. The molecule has 0 saturated heterocycles. The average Bonchev–Trinajstić information content (AvgIpc) is 2.37. The summed E-state index contributed by atoms with van der Waals surface area (Å²) in [7, 11) is -1.57. The number of hydrogen-bond acceptors (Lipinski definition) is 5. The maximum atomic E-state index is 13.5. The maximum absolute atomic E-state index is 13.5. The molecule has 0 aliphatic rings. The molecule has 0 aliphatic carbocycles. The topological polar surface area (TPSA) is 89.7 Å². The smallest absolute Gasteiger partial charge is 0.306 e. The average molecular weight is 290 g/mol. The molecule has 0 radical (unpaired) electrons. The van der Waals surface area contributed by atoms with Crippen LogP contribution >= 0.6 is 0 Å². The molecule has 0 amide bonds. The first-order valence-electron chi connectivity index (χ1n) is 5.37. The largest absolute Gasteiger partial charge is 0.469 e. The number of nitrogen functional groups attached to an aromatic ring is 1. The van der Waals surface area contributed by atoms with Gasteiger partial charge >= 0.3 is 5.97 Å². The van der Waals surface area contributed by atoms with E-state index >= 15 is 0 Å². The molecule has 0 heterocycles. The van der Waals surface area contributed by atoms with E-state index in [4.69, 9.17) is 5.73 Å². The van der Waals surface area contributed by atoms with Crippen LogP contribution in [0.25, 0.3) is 0 Å². The van der Waals surface area contributed by atoms with Crippen LogP contribution in [0.1, 0.15) is 6.42 Å². The van der Waals surface area contributed by atoms with Crippen molar-refractivity contribution in [2.45, 2.75) is 11.3 Å². The zero-order valence-electron chi connectivity index (χ0n) is 10.6. The van der Waals surface area contributed by atoms with Gasteiger partial charge in [-0.25, -0.2) is 17.1 Å². The Morgan fingerprint density at radius 2 is 2.11 bits per heavy atom. The minimum Gasteiger partial charge on any atom is -0.469 e. The van der Waals surface area contributed by atoms with Crippen LogP contribution in [0.5, 0.6) is 0 Å². The fraction of sp³-hybridized carbons (Fsp3) is 0.364. The number of esters is 1. The lowest BCUT2D eigenvalue weighted by Gasteiger charge is -2.17. The highest BCUT2D eigenvalue weighted by molar-refractivity contribution is 7.89. The predicted octanol–water partition coefficient (Wildman–Crippen LogP) is 0.592. The van der Waals surface area contributed by atoms with E-state index in [2.05, 4.69) is 4.74 Å². The SMILES string of the molecule is COC(=O)CCN(C)S(=O)(=O)c1cc(N)ccc1F. The summed E-state index contributed by atoms with van der Waals surface area (Å²) >= 11 is 0. The van der Waals surface area contributed by atoms with E-state index in [1.54, 1.807) is 0 Å². The Morgan fingerprint density at radius 1 is 1.47 bits per heavy atom. The van der Waals surface area contributed by atoms with Crippen molar-refractivity contribution in [3.63, 3.8) is 0 Å². The van der Waals surface area contributed by atoms with Gasteiger partial charge in [-0.3, -0.25) is 4.79 Å².